The Kier molecular flexibility index (Phi) is 5.38. The number of hydrogen-bond donors (Lipinski definition) is 2. The molecule has 1 aromatic heterocycles. The highest BCUT2D eigenvalue weighted by Crippen LogP contribution is 2.31. The molecule has 0 aliphatic rings. The molecule has 0 fully saturated rings. The van der Waals surface area contributed by atoms with E-state index in [4.69, 9.17) is 14.2 Å². The summed E-state index contributed by atoms with van der Waals surface area (Å²) in [5.74, 6) is 3.16. The van der Waals surface area contributed by atoms with Crippen molar-refractivity contribution < 1.29 is 14.2 Å². The van der Waals surface area contributed by atoms with Crippen molar-refractivity contribution in [2.75, 3.05) is 32.0 Å². The first-order chi connectivity index (χ1) is 12.7. The summed E-state index contributed by atoms with van der Waals surface area (Å²) in [6.45, 7) is 0. The normalized spacial score (nSPS) is 10.1. The number of methoxy groups -OCH3 is 3. The lowest BCUT2D eigenvalue weighted by Crippen LogP contribution is -2.02. The molecule has 0 radical (unpaired) electrons. The fourth-order valence-corrected chi connectivity index (χ4v) is 2.40. The molecule has 2 N–H and O–H groups in total. The summed E-state index contributed by atoms with van der Waals surface area (Å²) in [5.41, 5.74) is 1.56. The first-order valence-electron chi connectivity index (χ1n) is 7.95. The second kappa shape index (κ2) is 8.06. The molecule has 0 saturated carbocycles. The van der Waals surface area contributed by atoms with E-state index in [1.807, 2.05) is 36.4 Å². The summed E-state index contributed by atoms with van der Waals surface area (Å²) in [6.07, 6.45) is 1.67. The molecule has 0 bridgehead atoms. The Morgan fingerprint density at radius 3 is 2.31 bits per heavy atom. The van der Waals surface area contributed by atoms with Gasteiger partial charge in [-0.05, 0) is 30.3 Å². The van der Waals surface area contributed by atoms with Gasteiger partial charge in [0.2, 0.25) is 5.95 Å². The van der Waals surface area contributed by atoms with Crippen LogP contribution < -0.4 is 24.8 Å². The second-order valence-electron chi connectivity index (χ2n) is 5.28. The number of aromatic nitrogens is 2. The van der Waals surface area contributed by atoms with Crippen LogP contribution in [0.2, 0.25) is 0 Å². The molecular weight excluding hydrogens is 332 g/mol. The van der Waals surface area contributed by atoms with Crippen molar-refractivity contribution >= 4 is 23.1 Å². The molecule has 26 heavy (non-hydrogen) atoms. The monoisotopic (exact) mass is 352 g/mol. The van der Waals surface area contributed by atoms with Crippen molar-refractivity contribution in [3.05, 3.63) is 54.7 Å². The third-order valence-electron chi connectivity index (χ3n) is 3.68. The molecule has 0 unspecified atom stereocenters. The molecule has 7 nitrogen and oxygen atoms in total. The maximum Gasteiger partial charge on any atom is 0.229 e. The van der Waals surface area contributed by atoms with E-state index >= 15 is 0 Å². The molecule has 3 rings (SSSR count). The summed E-state index contributed by atoms with van der Waals surface area (Å²) < 4.78 is 15.9. The summed E-state index contributed by atoms with van der Waals surface area (Å²) in [5, 5.41) is 6.38. The van der Waals surface area contributed by atoms with Gasteiger partial charge in [0.15, 0.2) is 0 Å². The van der Waals surface area contributed by atoms with Gasteiger partial charge in [-0.25, -0.2) is 4.98 Å². The fraction of sp³-hybridized carbons (Fsp3) is 0.158. The van der Waals surface area contributed by atoms with E-state index in [-0.39, 0.29) is 0 Å². The van der Waals surface area contributed by atoms with Crippen LogP contribution in [0.15, 0.2) is 54.7 Å². The number of ether oxygens (including phenoxy) is 3. The number of nitrogens with zero attached hydrogens (tertiary/aromatic N) is 2. The predicted molar refractivity (Wildman–Crippen MR) is 101 cm³/mol. The average Bonchev–Trinajstić information content (AvgIpc) is 2.69. The number of para-hydroxylation sites is 2. The van der Waals surface area contributed by atoms with Crippen LogP contribution >= 0.6 is 0 Å². The Labute approximate surface area is 152 Å². The Hall–Kier alpha value is -3.48. The number of hydrogen-bond acceptors (Lipinski definition) is 7. The van der Waals surface area contributed by atoms with Crippen molar-refractivity contribution in [1.29, 1.82) is 0 Å². The average molecular weight is 352 g/mol. The van der Waals surface area contributed by atoms with Crippen LogP contribution in [0.1, 0.15) is 0 Å². The van der Waals surface area contributed by atoms with E-state index in [2.05, 4.69) is 20.6 Å². The van der Waals surface area contributed by atoms with Gasteiger partial charge in [-0.1, -0.05) is 12.1 Å². The van der Waals surface area contributed by atoms with Gasteiger partial charge in [-0.2, -0.15) is 4.98 Å². The van der Waals surface area contributed by atoms with Gasteiger partial charge in [0.1, 0.15) is 23.1 Å². The molecule has 2 aromatic carbocycles. The Bertz CT molecular complexity index is 886. The van der Waals surface area contributed by atoms with Gasteiger partial charge >= 0.3 is 0 Å². The van der Waals surface area contributed by atoms with Gasteiger partial charge in [0.25, 0.3) is 0 Å². The molecular formula is C19H20N4O3. The van der Waals surface area contributed by atoms with Crippen LogP contribution in [0, 0.1) is 0 Å². The molecule has 0 aliphatic heterocycles. The molecule has 0 amide bonds. The number of rotatable bonds is 7. The van der Waals surface area contributed by atoms with Crippen molar-refractivity contribution in [3.8, 4) is 17.2 Å². The number of nitrogens with one attached hydrogen (secondary N) is 2. The van der Waals surface area contributed by atoms with Crippen molar-refractivity contribution in [3.63, 3.8) is 0 Å². The summed E-state index contributed by atoms with van der Waals surface area (Å²) in [7, 11) is 4.84. The Balaban J connectivity index is 1.82. The van der Waals surface area contributed by atoms with Crippen LogP contribution in [0.25, 0.3) is 0 Å². The van der Waals surface area contributed by atoms with Crippen LogP contribution in [-0.4, -0.2) is 31.3 Å². The smallest absolute Gasteiger partial charge is 0.229 e. The lowest BCUT2D eigenvalue weighted by atomic mass is 10.2. The van der Waals surface area contributed by atoms with E-state index < -0.39 is 0 Å². The fourth-order valence-electron chi connectivity index (χ4n) is 2.40. The van der Waals surface area contributed by atoms with Gasteiger partial charge < -0.3 is 24.8 Å². The molecule has 0 atom stereocenters. The van der Waals surface area contributed by atoms with Crippen LogP contribution in [-0.2, 0) is 0 Å². The van der Waals surface area contributed by atoms with Gasteiger partial charge in [0.05, 0.1) is 32.7 Å². The van der Waals surface area contributed by atoms with E-state index in [1.165, 1.54) is 0 Å². The first kappa shape index (κ1) is 17.3. The second-order valence-corrected chi connectivity index (χ2v) is 5.28. The molecule has 134 valence electrons. The minimum absolute atomic E-state index is 0.451. The molecule has 0 saturated heterocycles. The topological polar surface area (TPSA) is 77.5 Å². The first-order valence-corrected chi connectivity index (χ1v) is 7.95. The van der Waals surface area contributed by atoms with Crippen molar-refractivity contribution in [2.24, 2.45) is 0 Å². The molecule has 1 heterocycles. The maximum absolute atomic E-state index is 5.40. The number of anilines is 4. The van der Waals surface area contributed by atoms with Gasteiger partial charge in [0, 0.05) is 12.3 Å². The summed E-state index contributed by atoms with van der Waals surface area (Å²) >= 11 is 0. The zero-order valence-corrected chi connectivity index (χ0v) is 14.8. The molecule has 3 aromatic rings. The Morgan fingerprint density at radius 1 is 0.769 bits per heavy atom. The quantitative estimate of drug-likeness (QED) is 0.666. The third kappa shape index (κ3) is 3.94. The lowest BCUT2D eigenvalue weighted by molar-refractivity contribution is 0.395. The SMILES string of the molecule is COc1ccc(Nc2ccnc(Nc3ccccc3OC)n2)c(OC)c1. The standard InChI is InChI=1S/C19H20N4O3/c1-24-13-8-9-15(17(12-13)26-3)21-18-10-11-20-19(23-18)22-14-6-4-5-7-16(14)25-2/h4-12H,1-3H3,(H2,20,21,22,23). The van der Waals surface area contributed by atoms with E-state index in [0.717, 1.165) is 11.4 Å². The third-order valence-corrected chi connectivity index (χ3v) is 3.68. The zero-order chi connectivity index (χ0) is 18.4. The van der Waals surface area contributed by atoms with Crippen molar-refractivity contribution in [2.45, 2.75) is 0 Å². The van der Waals surface area contributed by atoms with E-state index in [0.29, 0.717) is 29.0 Å². The summed E-state index contributed by atoms with van der Waals surface area (Å²) in [4.78, 5) is 8.73. The van der Waals surface area contributed by atoms with Crippen LogP contribution in [0.3, 0.4) is 0 Å². The maximum atomic E-state index is 5.40. The highest BCUT2D eigenvalue weighted by Gasteiger charge is 2.08. The van der Waals surface area contributed by atoms with Crippen LogP contribution in [0.5, 0.6) is 17.2 Å². The molecule has 0 aliphatic carbocycles. The van der Waals surface area contributed by atoms with Gasteiger partial charge in [-0.15, -0.1) is 0 Å². The highest BCUT2D eigenvalue weighted by atomic mass is 16.5. The summed E-state index contributed by atoms with van der Waals surface area (Å²) in [6, 6.07) is 14.9. The molecule has 0 spiro atoms. The zero-order valence-electron chi connectivity index (χ0n) is 14.8. The highest BCUT2D eigenvalue weighted by molar-refractivity contribution is 5.67. The van der Waals surface area contributed by atoms with E-state index in [9.17, 15) is 0 Å². The van der Waals surface area contributed by atoms with Crippen molar-refractivity contribution in [1.82, 2.24) is 9.97 Å². The molecule has 7 heteroatoms. The van der Waals surface area contributed by atoms with Gasteiger partial charge in [-0.3, -0.25) is 0 Å². The minimum atomic E-state index is 0.451. The largest absolute Gasteiger partial charge is 0.497 e. The minimum Gasteiger partial charge on any atom is -0.497 e. The predicted octanol–water partition coefficient (Wildman–Crippen LogP) is 3.99. The number of benzene rings is 2. The Morgan fingerprint density at radius 2 is 1.54 bits per heavy atom. The van der Waals surface area contributed by atoms with Crippen LogP contribution in [0.4, 0.5) is 23.1 Å². The lowest BCUT2D eigenvalue weighted by Gasteiger charge is -2.13. The van der Waals surface area contributed by atoms with E-state index in [1.54, 1.807) is 39.7 Å².